The van der Waals surface area contributed by atoms with E-state index in [1.54, 1.807) is 0 Å². The van der Waals surface area contributed by atoms with Crippen LogP contribution in [0.15, 0.2) is 42.7 Å². The van der Waals surface area contributed by atoms with E-state index in [1.165, 1.54) is 30.6 Å². The third kappa shape index (κ3) is 2.90. The van der Waals surface area contributed by atoms with E-state index in [1.807, 2.05) is 0 Å². The number of nitrogen functional groups attached to an aromatic ring is 1. The summed E-state index contributed by atoms with van der Waals surface area (Å²) in [4.78, 5) is 15.8. The fourth-order valence-electron chi connectivity index (χ4n) is 1.62. The lowest BCUT2D eigenvalue weighted by molar-refractivity contribution is -0.137. The number of aromatic nitrogens is 1. The van der Waals surface area contributed by atoms with Gasteiger partial charge in [0, 0.05) is 29.2 Å². The molecule has 0 aliphatic heterocycles. The normalized spacial score (nSPS) is 11.3. The number of anilines is 1. The Labute approximate surface area is 106 Å². The summed E-state index contributed by atoms with van der Waals surface area (Å²) in [6.45, 7) is 0. The summed E-state index contributed by atoms with van der Waals surface area (Å²) in [6, 6.07) is 5.66. The summed E-state index contributed by atoms with van der Waals surface area (Å²) in [6.07, 6.45) is -1.75. The molecule has 0 radical (unpaired) electrons. The molecule has 0 saturated heterocycles. The number of hydrogen-bond acceptors (Lipinski definition) is 3. The number of nitrogens with two attached hydrogens (primary N) is 1. The van der Waals surface area contributed by atoms with E-state index in [9.17, 15) is 18.0 Å². The molecule has 3 nitrogen and oxygen atoms in total. The summed E-state index contributed by atoms with van der Waals surface area (Å²) >= 11 is 0. The molecule has 0 atom stereocenters. The Kier molecular flexibility index (Phi) is 3.25. The molecule has 2 rings (SSSR count). The van der Waals surface area contributed by atoms with Gasteiger partial charge in [0.05, 0.1) is 5.56 Å². The zero-order valence-corrected chi connectivity index (χ0v) is 9.61. The lowest BCUT2D eigenvalue weighted by atomic mass is 10.0. The van der Waals surface area contributed by atoms with Crippen LogP contribution in [0.25, 0.3) is 0 Å². The highest BCUT2D eigenvalue weighted by atomic mass is 19.4. The number of carbonyl (C=O) groups excluding carboxylic acids is 1. The number of pyridine rings is 1. The van der Waals surface area contributed by atoms with E-state index in [4.69, 9.17) is 5.73 Å². The Morgan fingerprint density at radius 1 is 1.05 bits per heavy atom. The molecule has 1 aromatic carbocycles. The minimum absolute atomic E-state index is 0.0986. The predicted octanol–water partition coefficient (Wildman–Crippen LogP) is 2.91. The van der Waals surface area contributed by atoms with Crippen LogP contribution in [0.3, 0.4) is 0 Å². The van der Waals surface area contributed by atoms with Gasteiger partial charge in [-0.3, -0.25) is 9.78 Å². The number of ketones is 1. The van der Waals surface area contributed by atoms with E-state index in [2.05, 4.69) is 4.98 Å². The Bertz CT molecular complexity index is 609. The number of carbonyl (C=O) groups is 1. The quantitative estimate of drug-likeness (QED) is 0.671. The van der Waals surface area contributed by atoms with Crippen LogP contribution >= 0.6 is 0 Å². The lowest BCUT2D eigenvalue weighted by Crippen LogP contribution is -2.09. The summed E-state index contributed by atoms with van der Waals surface area (Å²) in [7, 11) is 0. The van der Waals surface area contributed by atoms with Crippen LogP contribution in [-0.4, -0.2) is 10.8 Å². The van der Waals surface area contributed by atoms with Crippen molar-refractivity contribution in [1.29, 1.82) is 0 Å². The van der Waals surface area contributed by atoms with E-state index >= 15 is 0 Å². The first-order valence-corrected chi connectivity index (χ1v) is 5.30. The largest absolute Gasteiger partial charge is 0.416 e. The van der Waals surface area contributed by atoms with Crippen LogP contribution in [0.2, 0.25) is 0 Å². The molecule has 98 valence electrons. The van der Waals surface area contributed by atoms with Crippen molar-refractivity contribution in [3.05, 3.63) is 59.4 Å². The Morgan fingerprint density at radius 2 is 1.68 bits per heavy atom. The van der Waals surface area contributed by atoms with Crippen LogP contribution in [0.1, 0.15) is 21.5 Å². The lowest BCUT2D eigenvalue weighted by Gasteiger charge is -2.10. The molecule has 0 aliphatic rings. The summed E-state index contributed by atoms with van der Waals surface area (Å²) < 4.78 is 37.9. The molecule has 0 fully saturated rings. The zero-order valence-electron chi connectivity index (χ0n) is 9.61. The summed E-state index contributed by atoms with van der Waals surface area (Å²) in [5, 5.41) is 0. The second-order valence-corrected chi connectivity index (χ2v) is 3.91. The smallest absolute Gasteiger partial charge is 0.399 e. The average molecular weight is 266 g/mol. The maximum Gasteiger partial charge on any atom is 0.416 e. The zero-order chi connectivity index (χ0) is 14.0. The standard InChI is InChI=1S/C13H9F3N2O/c14-13(15,16)10-5-9(6-11(17)7-10)12(19)8-1-3-18-4-2-8/h1-7H,17H2. The second-order valence-electron chi connectivity index (χ2n) is 3.91. The van der Waals surface area contributed by atoms with E-state index in [0.29, 0.717) is 0 Å². The van der Waals surface area contributed by atoms with Gasteiger partial charge in [0.2, 0.25) is 0 Å². The van der Waals surface area contributed by atoms with Gasteiger partial charge in [-0.05, 0) is 30.3 Å². The maximum atomic E-state index is 12.6. The molecule has 0 bridgehead atoms. The number of benzene rings is 1. The van der Waals surface area contributed by atoms with Crippen molar-refractivity contribution in [3.63, 3.8) is 0 Å². The fraction of sp³-hybridized carbons (Fsp3) is 0.0769. The first kappa shape index (κ1) is 13.1. The minimum Gasteiger partial charge on any atom is -0.399 e. The van der Waals surface area contributed by atoms with Crippen LogP contribution in [0.5, 0.6) is 0 Å². The molecule has 2 aromatic rings. The number of nitrogens with zero attached hydrogens (tertiary/aromatic N) is 1. The van der Waals surface area contributed by atoms with Gasteiger partial charge in [0.1, 0.15) is 0 Å². The molecule has 1 heterocycles. The van der Waals surface area contributed by atoms with Crippen molar-refractivity contribution in [3.8, 4) is 0 Å². The highest BCUT2D eigenvalue weighted by Crippen LogP contribution is 2.31. The van der Waals surface area contributed by atoms with Crippen molar-refractivity contribution < 1.29 is 18.0 Å². The van der Waals surface area contributed by atoms with Gasteiger partial charge in [-0.15, -0.1) is 0 Å². The van der Waals surface area contributed by atoms with Gasteiger partial charge in [-0.25, -0.2) is 0 Å². The molecule has 0 spiro atoms. The predicted molar refractivity (Wildman–Crippen MR) is 63.5 cm³/mol. The Hall–Kier alpha value is -2.37. The monoisotopic (exact) mass is 266 g/mol. The molecule has 0 aliphatic carbocycles. The molecular formula is C13H9F3N2O. The third-order valence-electron chi connectivity index (χ3n) is 2.49. The molecular weight excluding hydrogens is 257 g/mol. The number of rotatable bonds is 2. The van der Waals surface area contributed by atoms with Crippen molar-refractivity contribution in [2.75, 3.05) is 5.73 Å². The topological polar surface area (TPSA) is 56.0 Å². The number of halogens is 3. The molecule has 2 N–H and O–H groups in total. The third-order valence-corrected chi connectivity index (χ3v) is 2.49. The van der Waals surface area contributed by atoms with E-state index < -0.39 is 17.5 Å². The van der Waals surface area contributed by atoms with Gasteiger partial charge in [0.25, 0.3) is 0 Å². The van der Waals surface area contributed by atoms with Gasteiger partial charge >= 0.3 is 6.18 Å². The number of alkyl halides is 3. The van der Waals surface area contributed by atoms with Crippen molar-refractivity contribution in [2.24, 2.45) is 0 Å². The summed E-state index contributed by atoms with van der Waals surface area (Å²) in [5.41, 5.74) is 4.52. The van der Waals surface area contributed by atoms with Crippen LogP contribution in [0.4, 0.5) is 18.9 Å². The Morgan fingerprint density at radius 3 is 2.26 bits per heavy atom. The molecule has 0 unspecified atom stereocenters. The van der Waals surface area contributed by atoms with Gasteiger partial charge in [0.15, 0.2) is 5.78 Å². The van der Waals surface area contributed by atoms with E-state index in [-0.39, 0.29) is 16.8 Å². The molecule has 0 saturated carbocycles. The van der Waals surface area contributed by atoms with Crippen molar-refractivity contribution >= 4 is 11.5 Å². The highest BCUT2D eigenvalue weighted by Gasteiger charge is 2.31. The van der Waals surface area contributed by atoms with E-state index in [0.717, 1.165) is 12.1 Å². The van der Waals surface area contributed by atoms with Crippen LogP contribution in [-0.2, 0) is 6.18 Å². The molecule has 1 aromatic heterocycles. The van der Waals surface area contributed by atoms with Gasteiger partial charge in [-0.2, -0.15) is 13.2 Å². The van der Waals surface area contributed by atoms with Crippen molar-refractivity contribution in [1.82, 2.24) is 4.98 Å². The highest BCUT2D eigenvalue weighted by molar-refractivity contribution is 6.09. The van der Waals surface area contributed by atoms with Crippen LogP contribution in [0, 0.1) is 0 Å². The maximum absolute atomic E-state index is 12.6. The van der Waals surface area contributed by atoms with Crippen LogP contribution < -0.4 is 5.73 Å². The fourth-order valence-corrected chi connectivity index (χ4v) is 1.62. The van der Waals surface area contributed by atoms with Gasteiger partial charge < -0.3 is 5.73 Å². The molecule has 6 heteroatoms. The number of hydrogen-bond donors (Lipinski definition) is 1. The molecule has 0 amide bonds. The average Bonchev–Trinajstić information content (AvgIpc) is 2.37. The SMILES string of the molecule is Nc1cc(C(=O)c2ccncc2)cc(C(F)(F)F)c1. The second kappa shape index (κ2) is 4.72. The summed E-state index contributed by atoms with van der Waals surface area (Å²) in [5.74, 6) is -0.528. The molecule has 19 heavy (non-hydrogen) atoms. The first-order valence-electron chi connectivity index (χ1n) is 5.30. The Balaban J connectivity index is 2.46. The van der Waals surface area contributed by atoms with Gasteiger partial charge in [-0.1, -0.05) is 0 Å². The minimum atomic E-state index is -4.54. The first-order chi connectivity index (χ1) is 8.88. The van der Waals surface area contributed by atoms with Crippen molar-refractivity contribution in [2.45, 2.75) is 6.18 Å².